The molecule has 0 spiro atoms. The van der Waals surface area contributed by atoms with Crippen LogP contribution in [0.15, 0.2) is 30.5 Å². The average Bonchev–Trinajstić information content (AvgIpc) is 3.21. The zero-order chi connectivity index (χ0) is 18.8. The van der Waals surface area contributed by atoms with Crippen molar-refractivity contribution < 1.29 is 4.79 Å². The van der Waals surface area contributed by atoms with Crippen LogP contribution in [-0.2, 0) is 0 Å². The van der Waals surface area contributed by atoms with E-state index in [1.165, 1.54) is 16.8 Å². The molecule has 2 fully saturated rings. The van der Waals surface area contributed by atoms with Crippen molar-refractivity contribution in [2.24, 2.45) is 0 Å². The molecule has 2 aliphatic heterocycles. The molecule has 1 atom stereocenters. The van der Waals surface area contributed by atoms with E-state index in [9.17, 15) is 4.79 Å². The molecule has 1 aromatic heterocycles. The van der Waals surface area contributed by atoms with Crippen molar-refractivity contribution in [3.8, 4) is 0 Å². The van der Waals surface area contributed by atoms with E-state index in [1.54, 1.807) is 0 Å². The van der Waals surface area contributed by atoms with Crippen LogP contribution in [0.2, 0.25) is 0 Å². The minimum absolute atomic E-state index is 0. The topological polar surface area (TPSA) is 53.4 Å². The minimum Gasteiger partial charge on any atom is -0.368 e. The first kappa shape index (κ1) is 20.7. The fraction of sp³-hybridized carbons (Fsp3) is 0.524. The van der Waals surface area contributed by atoms with Gasteiger partial charge < -0.3 is 15.1 Å². The Kier molecular flexibility index (Phi) is 6.62. The number of anilines is 1. The molecule has 6 nitrogen and oxygen atoms in total. The smallest absolute Gasteiger partial charge is 0.274 e. The Morgan fingerprint density at radius 3 is 2.64 bits per heavy atom. The number of rotatable bonds is 3. The predicted octanol–water partition coefficient (Wildman–Crippen LogP) is 2.81. The minimum atomic E-state index is 0. The number of carbonyl (C=O) groups excluding carboxylic acids is 1. The van der Waals surface area contributed by atoms with Gasteiger partial charge in [0.1, 0.15) is 5.69 Å². The summed E-state index contributed by atoms with van der Waals surface area (Å²) in [7, 11) is 0. The second-order valence-corrected chi connectivity index (χ2v) is 7.68. The maximum Gasteiger partial charge on any atom is 0.274 e. The standard InChI is InChI=1S/C21H29N5O.ClH/c1-16-5-3-7-20(17(16)2)24-11-13-25(14-12-24)21(27)19-8-10-26(23-19)18-6-4-9-22-15-18;/h3,5,7-8,10,18,22H,4,6,9,11-15H2,1-2H3;1H. The molecule has 1 unspecified atom stereocenters. The molecule has 1 aromatic carbocycles. The maximum absolute atomic E-state index is 12.9. The Morgan fingerprint density at radius 1 is 1.14 bits per heavy atom. The van der Waals surface area contributed by atoms with Crippen LogP contribution in [-0.4, -0.2) is 59.9 Å². The van der Waals surface area contributed by atoms with Gasteiger partial charge in [-0.2, -0.15) is 5.10 Å². The van der Waals surface area contributed by atoms with Crippen LogP contribution in [0.4, 0.5) is 5.69 Å². The van der Waals surface area contributed by atoms with E-state index in [-0.39, 0.29) is 18.3 Å². The van der Waals surface area contributed by atoms with Crippen LogP contribution in [0, 0.1) is 13.8 Å². The maximum atomic E-state index is 12.9. The van der Waals surface area contributed by atoms with Crippen LogP contribution in [0.3, 0.4) is 0 Å². The van der Waals surface area contributed by atoms with Crippen LogP contribution in [0.5, 0.6) is 0 Å². The number of aromatic nitrogens is 2. The molecule has 0 radical (unpaired) electrons. The number of aryl methyl sites for hydroxylation is 1. The van der Waals surface area contributed by atoms with Crippen molar-refractivity contribution in [1.29, 1.82) is 0 Å². The van der Waals surface area contributed by atoms with Gasteiger partial charge in [-0.15, -0.1) is 12.4 Å². The number of amides is 1. The van der Waals surface area contributed by atoms with Gasteiger partial charge in [0, 0.05) is 44.6 Å². The van der Waals surface area contributed by atoms with E-state index < -0.39 is 0 Å². The highest BCUT2D eigenvalue weighted by Gasteiger charge is 2.25. The highest BCUT2D eigenvalue weighted by molar-refractivity contribution is 5.92. The second kappa shape index (κ2) is 8.97. The zero-order valence-electron chi connectivity index (χ0n) is 16.7. The van der Waals surface area contributed by atoms with Crippen molar-refractivity contribution >= 4 is 24.0 Å². The first-order valence-electron chi connectivity index (χ1n) is 10.00. The molecule has 1 amide bonds. The van der Waals surface area contributed by atoms with Crippen LogP contribution in [0.1, 0.15) is 40.5 Å². The number of carbonyl (C=O) groups is 1. The molecule has 4 rings (SSSR count). The summed E-state index contributed by atoms with van der Waals surface area (Å²) in [6, 6.07) is 8.67. The molecule has 28 heavy (non-hydrogen) atoms. The summed E-state index contributed by atoms with van der Waals surface area (Å²) in [5, 5.41) is 7.99. The van der Waals surface area contributed by atoms with Crippen molar-refractivity contribution in [2.45, 2.75) is 32.7 Å². The van der Waals surface area contributed by atoms with E-state index in [4.69, 9.17) is 0 Å². The van der Waals surface area contributed by atoms with E-state index in [0.29, 0.717) is 11.7 Å². The number of halogens is 1. The van der Waals surface area contributed by atoms with Gasteiger partial charge in [-0.25, -0.2) is 0 Å². The third-order valence-corrected chi connectivity index (χ3v) is 5.96. The molecule has 0 aliphatic carbocycles. The zero-order valence-corrected chi connectivity index (χ0v) is 17.5. The molecule has 0 bridgehead atoms. The van der Waals surface area contributed by atoms with Gasteiger partial charge in [0.15, 0.2) is 0 Å². The summed E-state index contributed by atoms with van der Waals surface area (Å²) in [6.45, 7) is 9.55. The number of piperazine rings is 1. The predicted molar refractivity (Wildman–Crippen MR) is 115 cm³/mol. The second-order valence-electron chi connectivity index (χ2n) is 7.68. The summed E-state index contributed by atoms with van der Waals surface area (Å²) in [5.41, 5.74) is 4.50. The SMILES string of the molecule is Cc1cccc(N2CCN(C(=O)c3ccn(C4CCCNC4)n3)CC2)c1C.Cl. The summed E-state index contributed by atoms with van der Waals surface area (Å²) in [4.78, 5) is 17.2. The fourth-order valence-electron chi connectivity index (χ4n) is 4.11. The molecule has 3 heterocycles. The summed E-state index contributed by atoms with van der Waals surface area (Å²) >= 11 is 0. The lowest BCUT2D eigenvalue weighted by Crippen LogP contribution is -2.49. The number of benzene rings is 1. The molecule has 2 saturated heterocycles. The van der Waals surface area contributed by atoms with Crippen molar-refractivity contribution in [2.75, 3.05) is 44.2 Å². The fourth-order valence-corrected chi connectivity index (χ4v) is 4.11. The Balaban J connectivity index is 0.00000225. The lowest BCUT2D eigenvalue weighted by atomic mass is 10.1. The molecule has 0 saturated carbocycles. The van der Waals surface area contributed by atoms with Gasteiger partial charge in [0.2, 0.25) is 0 Å². The molecular weight excluding hydrogens is 374 g/mol. The van der Waals surface area contributed by atoms with Gasteiger partial charge >= 0.3 is 0 Å². The Bertz CT molecular complexity index is 807. The molecular formula is C21H30ClN5O. The van der Waals surface area contributed by atoms with E-state index >= 15 is 0 Å². The van der Waals surface area contributed by atoms with Crippen molar-refractivity contribution in [3.05, 3.63) is 47.3 Å². The van der Waals surface area contributed by atoms with Gasteiger partial charge in [0.25, 0.3) is 5.91 Å². The highest BCUT2D eigenvalue weighted by Crippen LogP contribution is 2.24. The number of piperidine rings is 1. The van der Waals surface area contributed by atoms with Crippen molar-refractivity contribution in [1.82, 2.24) is 20.0 Å². The van der Waals surface area contributed by atoms with Crippen LogP contribution in [0.25, 0.3) is 0 Å². The molecule has 152 valence electrons. The Hall–Kier alpha value is -2.05. The van der Waals surface area contributed by atoms with Crippen LogP contribution >= 0.6 is 12.4 Å². The summed E-state index contributed by atoms with van der Waals surface area (Å²) < 4.78 is 1.96. The number of hydrogen-bond acceptors (Lipinski definition) is 4. The number of nitrogens with zero attached hydrogens (tertiary/aromatic N) is 4. The first-order chi connectivity index (χ1) is 13.1. The van der Waals surface area contributed by atoms with Gasteiger partial charge in [-0.05, 0) is 56.5 Å². The lowest BCUT2D eigenvalue weighted by Gasteiger charge is -2.36. The summed E-state index contributed by atoms with van der Waals surface area (Å²) in [5.74, 6) is 0.0538. The molecule has 2 aromatic rings. The van der Waals surface area contributed by atoms with Gasteiger partial charge in [0.05, 0.1) is 6.04 Å². The van der Waals surface area contributed by atoms with Gasteiger partial charge in [-0.3, -0.25) is 9.48 Å². The lowest BCUT2D eigenvalue weighted by molar-refractivity contribution is 0.0739. The molecule has 2 aliphatic rings. The van der Waals surface area contributed by atoms with Gasteiger partial charge in [-0.1, -0.05) is 12.1 Å². The van der Waals surface area contributed by atoms with E-state index in [2.05, 4.69) is 47.4 Å². The number of nitrogens with one attached hydrogen (secondary N) is 1. The largest absolute Gasteiger partial charge is 0.368 e. The summed E-state index contributed by atoms with van der Waals surface area (Å²) in [6.07, 6.45) is 4.24. The third-order valence-electron chi connectivity index (χ3n) is 5.96. The van der Waals surface area contributed by atoms with Crippen LogP contribution < -0.4 is 10.2 Å². The third kappa shape index (κ3) is 4.18. The molecule has 1 N–H and O–H groups in total. The quantitative estimate of drug-likeness (QED) is 0.856. The van der Waals surface area contributed by atoms with E-state index in [0.717, 1.165) is 52.1 Å². The normalized spacial score (nSPS) is 20.0. The Labute approximate surface area is 173 Å². The van der Waals surface area contributed by atoms with E-state index in [1.807, 2.05) is 21.8 Å². The highest BCUT2D eigenvalue weighted by atomic mass is 35.5. The number of hydrogen-bond donors (Lipinski definition) is 1. The Morgan fingerprint density at radius 2 is 1.93 bits per heavy atom. The average molecular weight is 404 g/mol. The monoisotopic (exact) mass is 403 g/mol. The first-order valence-corrected chi connectivity index (χ1v) is 10.00. The molecule has 7 heteroatoms. The van der Waals surface area contributed by atoms with Crippen molar-refractivity contribution in [3.63, 3.8) is 0 Å².